The smallest absolute Gasteiger partial charge is 0.0681 e. The third-order valence-electron chi connectivity index (χ3n) is 9.76. The predicted molar refractivity (Wildman–Crippen MR) is 187 cm³/mol. The summed E-state index contributed by atoms with van der Waals surface area (Å²) in [7, 11) is 2.24. The van der Waals surface area contributed by atoms with Crippen molar-refractivity contribution < 1.29 is 5.11 Å². The van der Waals surface area contributed by atoms with Crippen molar-refractivity contribution in [3.8, 4) is 0 Å². The Morgan fingerprint density at radius 1 is 0.500 bits per heavy atom. The van der Waals surface area contributed by atoms with E-state index in [2.05, 4.69) is 42.7 Å². The first-order valence-electron chi connectivity index (χ1n) is 19.4. The monoisotopic (exact) mass is 594 g/mol. The molecule has 0 amide bonds. The van der Waals surface area contributed by atoms with Crippen LogP contribution in [0.1, 0.15) is 188 Å². The van der Waals surface area contributed by atoms with Crippen LogP contribution in [0.3, 0.4) is 0 Å². The topological polar surface area (TPSA) is 30.0 Å². The lowest BCUT2D eigenvalue weighted by atomic mass is 10.0. The van der Waals surface area contributed by atoms with Gasteiger partial charge in [-0.2, -0.15) is 0 Å². The summed E-state index contributed by atoms with van der Waals surface area (Å²) in [6.45, 7) is 13.5. The summed E-state index contributed by atoms with van der Waals surface area (Å²) in [6, 6.07) is 0. The summed E-state index contributed by atoms with van der Waals surface area (Å²) < 4.78 is 0. The fourth-order valence-corrected chi connectivity index (χ4v) is 6.72. The van der Waals surface area contributed by atoms with Crippen LogP contribution in [0, 0.1) is 5.92 Å². The first-order valence-corrected chi connectivity index (χ1v) is 19.4. The van der Waals surface area contributed by atoms with Crippen molar-refractivity contribution in [2.24, 2.45) is 5.92 Å². The number of hydrazine groups is 1. The van der Waals surface area contributed by atoms with Gasteiger partial charge in [0, 0.05) is 39.3 Å². The number of likely N-dealkylation sites (N-methyl/N-ethyl adjacent to an activating group) is 1. The highest BCUT2D eigenvalue weighted by atomic mass is 16.3. The van der Waals surface area contributed by atoms with Gasteiger partial charge >= 0.3 is 0 Å². The first kappa shape index (κ1) is 39.9. The van der Waals surface area contributed by atoms with Crippen LogP contribution in [-0.2, 0) is 0 Å². The lowest BCUT2D eigenvalue weighted by Crippen LogP contribution is -2.55. The number of nitrogens with zero attached hydrogens (tertiary/aromatic N) is 3. The molecule has 0 aromatic heterocycles. The second-order valence-corrected chi connectivity index (χ2v) is 14.2. The fraction of sp³-hybridized carbons (Fsp3) is 1.00. The van der Waals surface area contributed by atoms with Gasteiger partial charge in [0.15, 0.2) is 0 Å². The van der Waals surface area contributed by atoms with Gasteiger partial charge in [-0.1, -0.05) is 175 Å². The van der Waals surface area contributed by atoms with Crippen molar-refractivity contribution in [1.82, 2.24) is 14.9 Å². The summed E-state index contributed by atoms with van der Waals surface area (Å²) in [4.78, 5) is 2.44. The molecule has 0 bridgehead atoms. The van der Waals surface area contributed by atoms with Crippen molar-refractivity contribution >= 4 is 0 Å². The van der Waals surface area contributed by atoms with Gasteiger partial charge in [0.1, 0.15) is 0 Å². The molecule has 0 radical (unpaired) electrons. The largest absolute Gasteiger partial charge is 0.392 e. The Morgan fingerprint density at radius 3 is 1.26 bits per heavy atom. The average molecular weight is 594 g/mol. The zero-order chi connectivity index (χ0) is 30.5. The third kappa shape index (κ3) is 24.2. The molecule has 0 saturated carbocycles. The Labute approximate surface area is 265 Å². The van der Waals surface area contributed by atoms with Crippen LogP contribution in [0.5, 0.6) is 0 Å². The first-order chi connectivity index (χ1) is 20.6. The van der Waals surface area contributed by atoms with E-state index < -0.39 is 0 Å². The van der Waals surface area contributed by atoms with E-state index in [1.807, 2.05) is 0 Å². The van der Waals surface area contributed by atoms with E-state index in [1.165, 1.54) is 161 Å². The van der Waals surface area contributed by atoms with Crippen LogP contribution in [-0.4, -0.2) is 72.4 Å². The summed E-state index contributed by atoms with van der Waals surface area (Å²) in [6.07, 6.45) is 35.7. The highest BCUT2D eigenvalue weighted by molar-refractivity contribution is 4.73. The van der Waals surface area contributed by atoms with Crippen LogP contribution >= 0.6 is 0 Å². The Bertz CT molecular complexity index is 500. The Morgan fingerprint density at radius 2 is 0.857 bits per heavy atom. The maximum absolute atomic E-state index is 11.0. The second kappa shape index (κ2) is 29.5. The van der Waals surface area contributed by atoms with Gasteiger partial charge in [-0.25, -0.2) is 10.0 Å². The average Bonchev–Trinajstić information content (AvgIpc) is 2.98. The quantitative estimate of drug-likeness (QED) is 0.0810. The molecule has 0 aliphatic carbocycles. The van der Waals surface area contributed by atoms with E-state index in [4.69, 9.17) is 0 Å². The van der Waals surface area contributed by atoms with Crippen molar-refractivity contribution in [3.63, 3.8) is 0 Å². The number of piperazine rings is 1. The highest BCUT2D eigenvalue weighted by Gasteiger charge is 2.24. The molecule has 0 spiro atoms. The van der Waals surface area contributed by atoms with Crippen molar-refractivity contribution in [2.75, 3.05) is 46.3 Å². The molecule has 252 valence electrons. The van der Waals surface area contributed by atoms with Crippen molar-refractivity contribution in [3.05, 3.63) is 0 Å². The number of unbranched alkanes of at least 4 members (excludes halogenated alkanes) is 22. The van der Waals surface area contributed by atoms with E-state index in [0.29, 0.717) is 5.92 Å². The van der Waals surface area contributed by atoms with E-state index in [0.717, 1.165) is 45.7 Å². The molecule has 0 aromatic carbocycles. The summed E-state index contributed by atoms with van der Waals surface area (Å²) >= 11 is 0. The van der Waals surface area contributed by atoms with Gasteiger partial charge in [-0.15, -0.1) is 0 Å². The number of rotatable bonds is 31. The van der Waals surface area contributed by atoms with Crippen LogP contribution in [0.25, 0.3) is 0 Å². The molecule has 1 saturated heterocycles. The van der Waals surface area contributed by atoms with Crippen LogP contribution in [0.15, 0.2) is 0 Å². The van der Waals surface area contributed by atoms with Crippen molar-refractivity contribution in [1.29, 1.82) is 0 Å². The van der Waals surface area contributed by atoms with Gasteiger partial charge < -0.3 is 10.0 Å². The zero-order valence-electron chi connectivity index (χ0n) is 29.6. The molecule has 42 heavy (non-hydrogen) atoms. The minimum Gasteiger partial charge on any atom is -0.392 e. The normalized spacial score (nSPS) is 16.4. The van der Waals surface area contributed by atoms with Gasteiger partial charge in [-0.05, 0) is 25.8 Å². The Hall–Kier alpha value is -0.160. The molecular weight excluding hydrogens is 514 g/mol. The second-order valence-electron chi connectivity index (χ2n) is 14.2. The van der Waals surface area contributed by atoms with E-state index >= 15 is 0 Å². The lowest BCUT2D eigenvalue weighted by Gasteiger charge is -2.42. The lowest BCUT2D eigenvalue weighted by molar-refractivity contribution is -0.0840. The van der Waals surface area contributed by atoms with Crippen LogP contribution in [0.4, 0.5) is 0 Å². The summed E-state index contributed by atoms with van der Waals surface area (Å²) in [5.74, 6) is 0.701. The molecular formula is C38H79N3O. The standard InChI is InChI=1S/C38H79N3O/c1-5-7-9-11-13-15-17-19-21-23-25-27-29-37(3)35-41(40-33-31-39(4)32-34-40)36-38(42)30-28-26-24-22-20-18-16-14-12-10-8-6-2/h37-38,42H,5-36H2,1-4H3. The molecule has 1 rings (SSSR count). The molecule has 1 fully saturated rings. The van der Waals surface area contributed by atoms with Crippen LogP contribution < -0.4 is 0 Å². The highest BCUT2D eigenvalue weighted by Crippen LogP contribution is 2.18. The Balaban J connectivity index is 2.16. The van der Waals surface area contributed by atoms with E-state index in [-0.39, 0.29) is 6.10 Å². The number of aliphatic hydroxyl groups is 1. The minimum absolute atomic E-state index is 0.188. The summed E-state index contributed by atoms with van der Waals surface area (Å²) in [5, 5.41) is 16.1. The maximum atomic E-state index is 11.0. The molecule has 2 atom stereocenters. The molecule has 4 nitrogen and oxygen atoms in total. The van der Waals surface area contributed by atoms with Gasteiger partial charge in [0.05, 0.1) is 6.10 Å². The molecule has 0 aromatic rings. The molecule has 1 heterocycles. The fourth-order valence-electron chi connectivity index (χ4n) is 6.72. The third-order valence-corrected chi connectivity index (χ3v) is 9.76. The number of aliphatic hydroxyl groups excluding tert-OH is 1. The van der Waals surface area contributed by atoms with Crippen molar-refractivity contribution in [2.45, 2.75) is 194 Å². The molecule has 4 heteroatoms. The molecule has 1 N–H and O–H groups in total. The molecule has 2 unspecified atom stereocenters. The predicted octanol–water partition coefficient (Wildman–Crippen LogP) is 10.6. The zero-order valence-corrected chi connectivity index (χ0v) is 29.6. The molecule has 1 aliphatic heterocycles. The van der Waals surface area contributed by atoms with E-state index in [9.17, 15) is 5.11 Å². The molecule has 1 aliphatic rings. The van der Waals surface area contributed by atoms with Gasteiger partial charge in [0.25, 0.3) is 0 Å². The summed E-state index contributed by atoms with van der Waals surface area (Å²) in [5.41, 5.74) is 0. The SMILES string of the molecule is CCCCCCCCCCCCCCC(C)CN(CC(O)CCCCCCCCCCCCCC)N1CCN(C)CC1. The van der Waals surface area contributed by atoms with Crippen LogP contribution in [0.2, 0.25) is 0 Å². The van der Waals surface area contributed by atoms with Gasteiger partial charge in [-0.3, -0.25) is 0 Å². The van der Waals surface area contributed by atoms with Gasteiger partial charge in [0.2, 0.25) is 0 Å². The maximum Gasteiger partial charge on any atom is 0.0681 e. The minimum atomic E-state index is -0.188. The number of hydrogen-bond acceptors (Lipinski definition) is 4. The Kier molecular flexibility index (Phi) is 28.0. The number of hydrogen-bond donors (Lipinski definition) is 1. The van der Waals surface area contributed by atoms with E-state index in [1.54, 1.807) is 0 Å².